The van der Waals surface area contributed by atoms with E-state index in [1.807, 2.05) is 36.9 Å². The van der Waals surface area contributed by atoms with Crippen molar-refractivity contribution < 1.29 is 9.53 Å². The number of nitrogens with one attached hydrogen (secondary N) is 1. The second-order valence-electron chi connectivity index (χ2n) is 7.56. The van der Waals surface area contributed by atoms with Crippen molar-refractivity contribution in [2.45, 2.75) is 33.1 Å². The summed E-state index contributed by atoms with van der Waals surface area (Å²) < 4.78 is 5.20. The molecule has 7 heteroatoms. The maximum Gasteiger partial charge on any atom is 0.227 e. The van der Waals surface area contributed by atoms with E-state index < -0.39 is 0 Å². The average Bonchev–Trinajstić information content (AvgIpc) is 2.80. The van der Waals surface area contributed by atoms with Crippen molar-refractivity contribution in [3.63, 3.8) is 0 Å². The van der Waals surface area contributed by atoms with Crippen molar-refractivity contribution in [1.29, 1.82) is 0 Å². The van der Waals surface area contributed by atoms with Gasteiger partial charge in [0.2, 0.25) is 11.9 Å². The van der Waals surface area contributed by atoms with Gasteiger partial charge in [0.15, 0.2) is 0 Å². The molecule has 1 amide bonds. The number of rotatable bonds is 9. The molecular formula is C23H33N5O2. The maximum absolute atomic E-state index is 12.8. The van der Waals surface area contributed by atoms with Crippen LogP contribution in [0.5, 0.6) is 5.75 Å². The zero-order valence-corrected chi connectivity index (χ0v) is 18.3. The lowest BCUT2D eigenvalue weighted by Crippen LogP contribution is -2.45. The topological polar surface area (TPSA) is 70.6 Å². The summed E-state index contributed by atoms with van der Waals surface area (Å²) in [4.78, 5) is 26.0. The van der Waals surface area contributed by atoms with Gasteiger partial charge in [-0.1, -0.05) is 12.1 Å². The van der Waals surface area contributed by atoms with Crippen molar-refractivity contribution in [2.24, 2.45) is 5.92 Å². The highest BCUT2D eigenvalue weighted by atomic mass is 16.5. The van der Waals surface area contributed by atoms with E-state index in [4.69, 9.17) is 9.72 Å². The number of anilines is 2. The van der Waals surface area contributed by atoms with Crippen LogP contribution in [-0.4, -0.2) is 60.6 Å². The number of amides is 1. The van der Waals surface area contributed by atoms with Crippen molar-refractivity contribution in [2.75, 3.05) is 50.1 Å². The summed E-state index contributed by atoms with van der Waals surface area (Å²) in [6.07, 6.45) is 4.60. The normalized spacial score (nSPS) is 16.2. The van der Waals surface area contributed by atoms with Gasteiger partial charge in [0, 0.05) is 38.9 Å². The van der Waals surface area contributed by atoms with Crippen LogP contribution in [0.25, 0.3) is 0 Å². The van der Waals surface area contributed by atoms with Crippen LogP contribution in [0.2, 0.25) is 0 Å². The first-order chi connectivity index (χ1) is 14.6. The zero-order valence-electron chi connectivity index (χ0n) is 18.3. The SMILES string of the molecule is CCN(CC)C(=O)C1CCCN(c2nccc(NCCc3ccc(OC)cc3)n2)C1. The molecule has 1 N–H and O–H groups in total. The molecule has 0 aliphatic carbocycles. The first-order valence-corrected chi connectivity index (χ1v) is 10.9. The van der Waals surface area contributed by atoms with Gasteiger partial charge in [0.25, 0.3) is 0 Å². The standard InChI is InChI=1S/C23H33N5O2/c1-4-27(5-2)22(29)19-7-6-16-28(17-19)23-25-15-13-21(26-23)24-14-12-18-8-10-20(30-3)11-9-18/h8-11,13,15,19H,4-7,12,14,16-17H2,1-3H3,(H,24,25,26). The second-order valence-corrected chi connectivity index (χ2v) is 7.56. The average molecular weight is 412 g/mol. The third-order valence-corrected chi connectivity index (χ3v) is 5.65. The highest BCUT2D eigenvalue weighted by Crippen LogP contribution is 2.23. The Labute approximate surface area is 179 Å². The Morgan fingerprint density at radius 1 is 1.23 bits per heavy atom. The van der Waals surface area contributed by atoms with Crippen LogP contribution in [0.3, 0.4) is 0 Å². The molecule has 1 fully saturated rings. The monoisotopic (exact) mass is 411 g/mol. The number of hydrogen-bond donors (Lipinski definition) is 1. The van der Waals surface area contributed by atoms with Crippen LogP contribution in [0.1, 0.15) is 32.3 Å². The van der Waals surface area contributed by atoms with Crippen molar-refractivity contribution >= 4 is 17.7 Å². The molecule has 162 valence electrons. The van der Waals surface area contributed by atoms with Crippen LogP contribution >= 0.6 is 0 Å². The number of ether oxygens (including phenoxy) is 1. The van der Waals surface area contributed by atoms with Gasteiger partial charge in [-0.15, -0.1) is 0 Å². The largest absolute Gasteiger partial charge is 0.497 e. The van der Waals surface area contributed by atoms with Crippen LogP contribution in [0, 0.1) is 5.92 Å². The van der Waals surface area contributed by atoms with Crippen LogP contribution < -0.4 is 15.0 Å². The molecule has 7 nitrogen and oxygen atoms in total. The van der Waals surface area contributed by atoms with E-state index in [1.54, 1.807) is 13.3 Å². The maximum atomic E-state index is 12.8. The van der Waals surface area contributed by atoms with Gasteiger partial charge in [-0.25, -0.2) is 4.98 Å². The van der Waals surface area contributed by atoms with Gasteiger partial charge in [-0.05, 0) is 56.9 Å². The molecule has 1 aromatic heterocycles. The molecule has 1 aromatic carbocycles. The summed E-state index contributed by atoms with van der Waals surface area (Å²) in [7, 11) is 1.67. The van der Waals surface area contributed by atoms with Crippen LogP contribution in [0.4, 0.5) is 11.8 Å². The number of nitrogens with zero attached hydrogens (tertiary/aromatic N) is 4. The number of piperidine rings is 1. The number of benzene rings is 1. The number of aromatic nitrogens is 2. The van der Waals surface area contributed by atoms with Crippen molar-refractivity contribution in [3.05, 3.63) is 42.1 Å². The molecular weight excluding hydrogens is 378 g/mol. The lowest BCUT2D eigenvalue weighted by molar-refractivity contribution is -0.135. The summed E-state index contributed by atoms with van der Waals surface area (Å²) in [6, 6.07) is 9.99. The van der Waals surface area contributed by atoms with Gasteiger partial charge >= 0.3 is 0 Å². The van der Waals surface area contributed by atoms with Crippen LogP contribution in [-0.2, 0) is 11.2 Å². The van der Waals surface area contributed by atoms with E-state index in [9.17, 15) is 4.79 Å². The molecule has 2 heterocycles. The Balaban J connectivity index is 1.56. The minimum absolute atomic E-state index is 0.0222. The van der Waals surface area contributed by atoms with Gasteiger partial charge in [0.05, 0.1) is 13.0 Å². The fourth-order valence-electron chi connectivity index (χ4n) is 3.88. The summed E-state index contributed by atoms with van der Waals surface area (Å²) in [5, 5.41) is 3.39. The molecule has 3 rings (SSSR count). The minimum Gasteiger partial charge on any atom is -0.497 e. The molecule has 1 atom stereocenters. The molecule has 1 unspecified atom stereocenters. The lowest BCUT2D eigenvalue weighted by atomic mass is 9.96. The minimum atomic E-state index is 0.0222. The molecule has 30 heavy (non-hydrogen) atoms. The van der Waals surface area contributed by atoms with Crippen molar-refractivity contribution in [3.8, 4) is 5.75 Å². The van der Waals surface area contributed by atoms with Gasteiger partial charge in [-0.2, -0.15) is 4.98 Å². The highest BCUT2D eigenvalue weighted by Gasteiger charge is 2.29. The third kappa shape index (κ3) is 5.62. The van der Waals surface area contributed by atoms with Crippen LogP contribution in [0.15, 0.2) is 36.5 Å². The van der Waals surface area contributed by atoms with Crippen molar-refractivity contribution in [1.82, 2.24) is 14.9 Å². The number of hydrogen-bond acceptors (Lipinski definition) is 6. The predicted octanol–water partition coefficient (Wildman–Crippen LogP) is 3.22. The summed E-state index contributed by atoms with van der Waals surface area (Å²) in [6.45, 7) is 7.94. The molecule has 0 saturated carbocycles. The highest BCUT2D eigenvalue weighted by molar-refractivity contribution is 5.79. The predicted molar refractivity (Wildman–Crippen MR) is 120 cm³/mol. The summed E-state index contributed by atoms with van der Waals surface area (Å²) in [5.41, 5.74) is 1.24. The van der Waals surface area contributed by atoms with E-state index in [0.717, 1.165) is 57.0 Å². The Bertz CT molecular complexity index is 807. The quantitative estimate of drug-likeness (QED) is 0.683. The van der Waals surface area contributed by atoms with E-state index in [0.29, 0.717) is 12.5 Å². The molecule has 1 aliphatic rings. The van der Waals surface area contributed by atoms with E-state index >= 15 is 0 Å². The Hall–Kier alpha value is -2.83. The molecule has 2 aromatic rings. The number of methoxy groups -OCH3 is 1. The first kappa shape index (κ1) is 21.9. The molecule has 0 radical (unpaired) electrons. The van der Waals surface area contributed by atoms with Gasteiger partial charge in [-0.3, -0.25) is 4.79 Å². The lowest BCUT2D eigenvalue weighted by Gasteiger charge is -2.34. The number of carbonyl (C=O) groups is 1. The smallest absolute Gasteiger partial charge is 0.227 e. The summed E-state index contributed by atoms with van der Waals surface area (Å²) in [5.74, 6) is 2.64. The second kappa shape index (κ2) is 10.8. The van der Waals surface area contributed by atoms with E-state index in [1.165, 1.54) is 5.56 Å². The first-order valence-electron chi connectivity index (χ1n) is 10.9. The molecule has 0 spiro atoms. The third-order valence-electron chi connectivity index (χ3n) is 5.65. The van der Waals surface area contributed by atoms with E-state index in [2.05, 4.69) is 27.3 Å². The van der Waals surface area contributed by atoms with Gasteiger partial charge in [0.1, 0.15) is 11.6 Å². The zero-order chi connectivity index (χ0) is 21.3. The summed E-state index contributed by atoms with van der Waals surface area (Å²) >= 11 is 0. The van der Waals surface area contributed by atoms with Gasteiger partial charge < -0.3 is 19.9 Å². The fraction of sp³-hybridized carbons (Fsp3) is 0.522. The molecule has 1 aliphatic heterocycles. The Morgan fingerprint density at radius 3 is 2.70 bits per heavy atom. The Morgan fingerprint density at radius 2 is 2.00 bits per heavy atom. The molecule has 1 saturated heterocycles. The molecule has 0 bridgehead atoms. The fourth-order valence-corrected chi connectivity index (χ4v) is 3.88. The number of carbonyl (C=O) groups excluding carboxylic acids is 1. The Kier molecular flexibility index (Phi) is 7.88. The van der Waals surface area contributed by atoms with E-state index in [-0.39, 0.29) is 11.8 Å².